The number of amides is 1. The van der Waals surface area contributed by atoms with Gasteiger partial charge in [-0.15, -0.1) is 0 Å². The van der Waals surface area contributed by atoms with Crippen molar-refractivity contribution in [3.05, 3.63) is 58.1 Å². The van der Waals surface area contributed by atoms with Crippen LogP contribution in [0.2, 0.25) is 10.0 Å². The van der Waals surface area contributed by atoms with Gasteiger partial charge >= 0.3 is 12.1 Å². The monoisotopic (exact) mass is 449 g/mol. The third-order valence-electron chi connectivity index (χ3n) is 3.57. The van der Waals surface area contributed by atoms with Crippen LogP contribution in [0.15, 0.2) is 42.5 Å². The standard InChI is InChI=1S/C19H16Cl2F3NO4/c1-18(2,29-13-6-3-11(20)4-7-13)17(27)28-10-16(26)25-15-8-5-12(21)9-14(15)19(22,23)24/h3-9H,10H2,1-2H3,(H,25,26). The fourth-order valence-corrected chi connectivity index (χ4v) is 2.49. The van der Waals surface area contributed by atoms with Crippen molar-refractivity contribution < 1.29 is 32.2 Å². The predicted molar refractivity (Wildman–Crippen MR) is 102 cm³/mol. The van der Waals surface area contributed by atoms with E-state index in [1.165, 1.54) is 19.9 Å². The third-order valence-corrected chi connectivity index (χ3v) is 4.06. The van der Waals surface area contributed by atoms with Crippen molar-refractivity contribution in [2.24, 2.45) is 0 Å². The molecule has 5 nitrogen and oxygen atoms in total. The van der Waals surface area contributed by atoms with Crippen molar-refractivity contribution in [3.8, 4) is 5.75 Å². The Kier molecular flexibility index (Phi) is 7.02. The molecule has 0 aliphatic carbocycles. The highest BCUT2D eigenvalue weighted by molar-refractivity contribution is 6.31. The first-order valence-electron chi connectivity index (χ1n) is 8.17. The molecule has 0 atom stereocenters. The lowest BCUT2D eigenvalue weighted by Crippen LogP contribution is -2.41. The maximum absolute atomic E-state index is 13.1. The second-order valence-corrected chi connectivity index (χ2v) is 7.25. The van der Waals surface area contributed by atoms with Gasteiger partial charge in [0.15, 0.2) is 12.2 Å². The number of rotatable bonds is 6. The summed E-state index contributed by atoms with van der Waals surface area (Å²) in [5.74, 6) is -1.49. The van der Waals surface area contributed by atoms with Gasteiger partial charge < -0.3 is 14.8 Å². The van der Waals surface area contributed by atoms with Crippen LogP contribution in [-0.2, 0) is 20.5 Å². The molecule has 1 amide bonds. The Balaban J connectivity index is 1.98. The van der Waals surface area contributed by atoms with Crippen molar-refractivity contribution in [2.45, 2.75) is 25.6 Å². The van der Waals surface area contributed by atoms with Gasteiger partial charge in [-0.05, 0) is 56.3 Å². The normalized spacial score (nSPS) is 11.7. The zero-order valence-corrected chi connectivity index (χ0v) is 16.8. The number of nitrogens with one attached hydrogen (secondary N) is 1. The van der Waals surface area contributed by atoms with E-state index >= 15 is 0 Å². The van der Waals surface area contributed by atoms with E-state index in [0.29, 0.717) is 16.8 Å². The molecule has 29 heavy (non-hydrogen) atoms. The molecular formula is C19H16Cl2F3NO4. The Labute approximate surface area is 174 Å². The lowest BCUT2D eigenvalue weighted by Gasteiger charge is -2.24. The zero-order valence-electron chi connectivity index (χ0n) is 15.3. The molecule has 156 valence electrons. The summed E-state index contributed by atoms with van der Waals surface area (Å²) in [6, 6.07) is 9.12. The topological polar surface area (TPSA) is 64.6 Å². The number of carbonyl (C=O) groups is 2. The van der Waals surface area contributed by atoms with Gasteiger partial charge in [0.2, 0.25) is 0 Å². The highest BCUT2D eigenvalue weighted by atomic mass is 35.5. The number of hydrogen-bond acceptors (Lipinski definition) is 4. The van der Waals surface area contributed by atoms with E-state index in [1.54, 1.807) is 24.3 Å². The first kappa shape index (κ1) is 22.8. The van der Waals surface area contributed by atoms with Crippen LogP contribution < -0.4 is 10.1 Å². The molecule has 0 bridgehead atoms. The lowest BCUT2D eigenvalue weighted by atomic mass is 10.1. The van der Waals surface area contributed by atoms with Gasteiger partial charge in [0, 0.05) is 10.0 Å². The highest BCUT2D eigenvalue weighted by Crippen LogP contribution is 2.36. The Hall–Kier alpha value is -2.45. The fraction of sp³-hybridized carbons (Fsp3) is 0.263. The summed E-state index contributed by atoms with van der Waals surface area (Å²) >= 11 is 11.4. The minimum absolute atomic E-state index is 0.136. The van der Waals surface area contributed by atoms with E-state index in [-0.39, 0.29) is 5.02 Å². The summed E-state index contributed by atoms with van der Waals surface area (Å²) in [6.45, 7) is 2.04. The summed E-state index contributed by atoms with van der Waals surface area (Å²) in [7, 11) is 0. The minimum Gasteiger partial charge on any atom is -0.476 e. The number of esters is 1. The van der Waals surface area contributed by atoms with Crippen LogP contribution in [0.5, 0.6) is 5.75 Å². The number of alkyl halides is 3. The van der Waals surface area contributed by atoms with Crippen molar-refractivity contribution in [2.75, 3.05) is 11.9 Å². The van der Waals surface area contributed by atoms with Crippen LogP contribution in [0, 0.1) is 0 Å². The molecular weight excluding hydrogens is 434 g/mol. The average Bonchev–Trinajstić information content (AvgIpc) is 2.62. The van der Waals surface area contributed by atoms with Crippen LogP contribution in [0.25, 0.3) is 0 Å². The largest absolute Gasteiger partial charge is 0.476 e. The number of ether oxygens (including phenoxy) is 2. The van der Waals surface area contributed by atoms with E-state index in [4.69, 9.17) is 32.7 Å². The summed E-state index contributed by atoms with van der Waals surface area (Å²) in [5.41, 5.74) is -3.07. The predicted octanol–water partition coefficient (Wildman–Crippen LogP) is 5.35. The van der Waals surface area contributed by atoms with Crippen LogP contribution in [-0.4, -0.2) is 24.1 Å². The minimum atomic E-state index is -4.72. The average molecular weight is 450 g/mol. The van der Waals surface area contributed by atoms with E-state index in [0.717, 1.165) is 6.07 Å². The van der Waals surface area contributed by atoms with Gasteiger partial charge in [0.1, 0.15) is 5.75 Å². The van der Waals surface area contributed by atoms with E-state index in [9.17, 15) is 22.8 Å². The Bertz CT molecular complexity index is 899. The molecule has 0 radical (unpaired) electrons. The van der Waals surface area contributed by atoms with Gasteiger partial charge in [-0.1, -0.05) is 23.2 Å². The van der Waals surface area contributed by atoms with Crippen LogP contribution in [0.1, 0.15) is 19.4 Å². The van der Waals surface area contributed by atoms with E-state index in [2.05, 4.69) is 5.32 Å². The highest BCUT2D eigenvalue weighted by Gasteiger charge is 2.35. The van der Waals surface area contributed by atoms with Gasteiger partial charge in [0.25, 0.3) is 5.91 Å². The maximum Gasteiger partial charge on any atom is 0.418 e. The van der Waals surface area contributed by atoms with Crippen LogP contribution >= 0.6 is 23.2 Å². The molecule has 0 aromatic heterocycles. The van der Waals surface area contributed by atoms with Crippen molar-refractivity contribution in [1.82, 2.24) is 0 Å². The number of carbonyl (C=O) groups excluding carboxylic acids is 2. The molecule has 2 aromatic carbocycles. The molecule has 0 spiro atoms. The van der Waals surface area contributed by atoms with Gasteiger partial charge in [0.05, 0.1) is 11.3 Å². The van der Waals surface area contributed by atoms with Gasteiger partial charge in [-0.3, -0.25) is 4.79 Å². The fourth-order valence-electron chi connectivity index (χ4n) is 2.19. The summed E-state index contributed by atoms with van der Waals surface area (Å²) in [5, 5.41) is 2.40. The summed E-state index contributed by atoms with van der Waals surface area (Å²) in [6.07, 6.45) is -4.72. The third kappa shape index (κ3) is 6.54. The molecule has 0 saturated carbocycles. The first-order valence-corrected chi connectivity index (χ1v) is 8.92. The maximum atomic E-state index is 13.1. The number of halogens is 5. The number of benzene rings is 2. The summed E-state index contributed by atoms with van der Waals surface area (Å²) < 4.78 is 49.6. The number of hydrogen-bond donors (Lipinski definition) is 1. The van der Waals surface area contributed by atoms with E-state index < -0.39 is 41.5 Å². The molecule has 2 aromatic rings. The van der Waals surface area contributed by atoms with Crippen molar-refractivity contribution >= 4 is 40.8 Å². The quantitative estimate of drug-likeness (QED) is 0.603. The molecule has 0 unspecified atom stereocenters. The first-order chi connectivity index (χ1) is 13.4. The molecule has 0 saturated heterocycles. The molecule has 0 aliphatic rings. The second kappa shape index (κ2) is 8.92. The molecule has 2 rings (SSSR count). The van der Waals surface area contributed by atoms with Gasteiger partial charge in [-0.2, -0.15) is 13.2 Å². The molecule has 0 aliphatic heterocycles. The van der Waals surface area contributed by atoms with Crippen molar-refractivity contribution in [1.29, 1.82) is 0 Å². The SMILES string of the molecule is CC(C)(Oc1ccc(Cl)cc1)C(=O)OCC(=O)Nc1ccc(Cl)cc1C(F)(F)F. The number of anilines is 1. The molecule has 10 heteroatoms. The molecule has 0 fully saturated rings. The summed E-state index contributed by atoms with van der Waals surface area (Å²) in [4.78, 5) is 24.2. The Morgan fingerprint density at radius 3 is 2.17 bits per heavy atom. The second-order valence-electron chi connectivity index (χ2n) is 6.38. The smallest absolute Gasteiger partial charge is 0.418 e. The van der Waals surface area contributed by atoms with Crippen LogP contribution in [0.4, 0.5) is 18.9 Å². The zero-order chi connectivity index (χ0) is 21.8. The van der Waals surface area contributed by atoms with E-state index in [1.807, 2.05) is 0 Å². The van der Waals surface area contributed by atoms with Gasteiger partial charge in [-0.25, -0.2) is 4.79 Å². The lowest BCUT2D eigenvalue weighted by molar-refractivity contribution is -0.161. The van der Waals surface area contributed by atoms with Crippen LogP contribution in [0.3, 0.4) is 0 Å². The Morgan fingerprint density at radius 1 is 1.00 bits per heavy atom. The molecule has 1 N–H and O–H groups in total. The Morgan fingerprint density at radius 2 is 1.59 bits per heavy atom. The van der Waals surface area contributed by atoms with Crippen molar-refractivity contribution in [3.63, 3.8) is 0 Å². The molecule has 0 heterocycles.